The van der Waals surface area contributed by atoms with E-state index in [1.165, 1.54) is 22.3 Å². The lowest BCUT2D eigenvalue weighted by molar-refractivity contribution is 0.0725. The molecule has 172 valence electrons. The van der Waals surface area contributed by atoms with Crippen molar-refractivity contribution in [2.45, 2.75) is 26.2 Å². The maximum absolute atomic E-state index is 13.6. The fraction of sp³-hybridized carbons (Fsp3) is 0.240. The summed E-state index contributed by atoms with van der Waals surface area (Å²) in [5, 5.41) is 14.8. The molecule has 9 heteroatoms. The molecule has 1 fully saturated rings. The number of aromatic nitrogens is 4. The van der Waals surface area contributed by atoms with Gasteiger partial charge in [0.1, 0.15) is 11.3 Å². The average Bonchev–Trinajstić information content (AvgIpc) is 3.53. The van der Waals surface area contributed by atoms with E-state index in [4.69, 9.17) is 0 Å². The first kappa shape index (κ1) is 22.0. The Bertz CT molecular complexity index is 1310. The van der Waals surface area contributed by atoms with E-state index in [2.05, 4.69) is 20.8 Å². The van der Waals surface area contributed by atoms with Crippen molar-refractivity contribution in [3.8, 4) is 16.1 Å². The maximum atomic E-state index is 13.6. The van der Waals surface area contributed by atoms with Crippen molar-refractivity contribution in [1.82, 2.24) is 25.1 Å². The lowest BCUT2D eigenvalue weighted by Crippen LogP contribution is -2.36. The average molecular weight is 473 g/mol. The molecule has 1 aliphatic heterocycles. The predicted octanol–water partition coefficient (Wildman–Crippen LogP) is 4.58. The molecule has 0 spiro atoms. The van der Waals surface area contributed by atoms with Gasteiger partial charge in [-0.15, -0.1) is 16.4 Å². The van der Waals surface area contributed by atoms with Crippen LogP contribution < -0.4 is 5.32 Å². The highest BCUT2D eigenvalue weighted by Crippen LogP contribution is 2.41. The topological polar surface area (TPSA) is 93.0 Å². The summed E-state index contributed by atoms with van der Waals surface area (Å²) in [7, 11) is 0. The predicted molar refractivity (Wildman–Crippen MR) is 131 cm³/mol. The first-order valence-electron chi connectivity index (χ1n) is 11.2. The Morgan fingerprint density at radius 2 is 1.79 bits per heavy atom. The Balaban J connectivity index is 1.50. The van der Waals surface area contributed by atoms with E-state index >= 15 is 0 Å². The zero-order chi connectivity index (χ0) is 23.5. The van der Waals surface area contributed by atoms with E-state index in [0.29, 0.717) is 21.8 Å². The summed E-state index contributed by atoms with van der Waals surface area (Å²) in [6.07, 6.45) is 4.63. The van der Waals surface area contributed by atoms with Crippen molar-refractivity contribution < 1.29 is 9.59 Å². The number of amides is 2. The molecule has 8 nitrogen and oxygen atoms in total. The molecule has 0 unspecified atom stereocenters. The number of benzene rings is 2. The molecule has 34 heavy (non-hydrogen) atoms. The minimum Gasteiger partial charge on any atom is -0.339 e. The van der Waals surface area contributed by atoms with Crippen molar-refractivity contribution >= 4 is 28.2 Å². The number of hydrogen-bond acceptors (Lipinski definition) is 6. The van der Waals surface area contributed by atoms with E-state index < -0.39 is 0 Å². The molecule has 0 atom stereocenters. The summed E-state index contributed by atoms with van der Waals surface area (Å²) in [5.41, 5.74) is 3.63. The van der Waals surface area contributed by atoms with Crippen LogP contribution in [0.5, 0.6) is 0 Å². The summed E-state index contributed by atoms with van der Waals surface area (Å²) in [4.78, 5) is 29.7. The second-order valence-electron chi connectivity index (χ2n) is 8.24. The standard InChI is InChI=1S/C25H24N6O2S/c1-17-21(25(33)30-13-6-3-7-14-30)24(34-22(17)18-9-4-2-5-10-18)27-23(32)19-11-8-12-20(15-19)31-16-26-28-29-31/h2,4-5,8-12,15-16H,3,6-7,13-14H2,1H3,(H,27,32). The lowest BCUT2D eigenvalue weighted by Gasteiger charge is -2.27. The normalized spacial score (nSPS) is 13.6. The molecule has 1 N–H and O–H groups in total. The van der Waals surface area contributed by atoms with Crippen molar-refractivity contribution in [3.63, 3.8) is 0 Å². The minimum atomic E-state index is -0.288. The number of anilines is 1. The number of likely N-dealkylation sites (tertiary alicyclic amines) is 1. The Kier molecular flexibility index (Phi) is 6.18. The Morgan fingerprint density at radius 3 is 2.53 bits per heavy atom. The van der Waals surface area contributed by atoms with E-state index in [1.54, 1.807) is 18.2 Å². The number of piperidine rings is 1. The van der Waals surface area contributed by atoms with E-state index in [0.717, 1.165) is 48.4 Å². The van der Waals surface area contributed by atoms with Crippen LogP contribution >= 0.6 is 11.3 Å². The summed E-state index contributed by atoms with van der Waals surface area (Å²) in [5.74, 6) is -0.308. The van der Waals surface area contributed by atoms with Gasteiger partial charge in [-0.1, -0.05) is 36.4 Å². The summed E-state index contributed by atoms with van der Waals surface area (Å²) in [6.45, 7) is 3.45. The van der Waals surface area contributed by atoms with Crippen molar-refractivity contribution in [2.75, 3.05) is 18.4 Å². The van der Waals surface area contributed by atoms with Crippen molar-refractivity contribution in [2.24, 2.45) is 0 Å². The smallest absolute Gasteiger partial charge is 0.257 e. The third-order valence-corrected chi connectivity index (χ3v) is 7.25. The Labute approximate surface area is 201 Å². The molecule has 0 aliphatic carbocycles. The maximum Gasteiger partial charge on any atom is 0.257 e. The largest absolute Gasteiger partial charge is 0.339 e. The van der Waals surface area contributed by atoms with Gasteiger partial charge in [0.2, 0.25) is 0 Å². The van der Waals surface area contributed by atoms with Gasteiger partial charge in [-0.25, -0.2) is 4.68 Å². The third-order valence-electron chi connectivity index (χ3n) is 5.99. The molecule has 2 aromatic heterocycles. The second kappa shape index (κ2) is 9.56. The Morgan fingerprint density at radius 1 is 1.00 bits per heavy atom. The Hall–Kier alpha value is -3.85. The van der Waals surface area contributed by atoms with E-state index in [1.807, 2.05) is 48.2 Å². The highest BCUT2D eigenvalue weighted by molar-refractivity contribution is 7.20. The van der Waals surface area contributed by atoms with Crippen LogP contribution in [0.4, 0.5) is 5.00 Å². The molecule has 4 aromatic rings. The molecule has 3 heterocycles. The van der Waals surface area contributed by atoms with Crippen LogP contribution in [0.2, 0.25) is 0 Å². The van der Waals surface area contributed by atoms with Gasteiger partial charge >= 0.3 is 0 Å². The van der Waals surface area contributed by atoms with E-state index in [9.17, 15) is 9.59 Å². The number of carbonyl (C=O) groups excluding carboxylic acids is 2. The van der Waals surface area contributed by atoms with Gasteiger partial charge in [0.15, 0.2) is 0 Å². The van der Waals surface area contributed by atoms with Crippen LogP contribution in [0.3, 0.4) is 0 Å². The zero-order valence-electron chi connectivity index (χ0n) is 18.8. The first-order valence-corrected chi connectivity index (χ1v) is 12.1. The number of rotatable bonds is 5. The number of hydrogen-bond donors (Lipinski definition) is 1. The molecule has 1 aliphatic rings. The van der Waals surface area contributed by atoms with Crippen LogP contribution in [0, 0.1) is 6.92 Å². The van der Waals surface area contributed by atoms with Gasteiger partial charge < -0.3 is 10.2 Å². The monoisotopic (exact) mass is 472 g/mol. The number of nitrogens with zero attached hydrogens (tertiary/aromatic N) is 5. The summed E-state index contributed by atoms with van der Waals surface area (Å²) < 4.78 is 1.49. The zero-order valence-corrected chi connectivity index (χ0v) is 19.6. The summed E-state index contributed by atoms with van der Waals surface area (Å²) in [6, 6.07) is 17.0. The fourth-order valence-corrected chi connectivity index (χ4v) is 5.42. The molecule has 2 aromatic carbocycles. The van der Waals surface area contributed by atoms with Crippen LogP contribution in [0.1, 0.15) is 45.5 Å². The van der Waals surface area contributed by atoms with Crippen LogP contribution in [-0.2, 0) is 0 Å². The molecule has 0 saturated carbocycles. The number of nitrogens with one attached hydrogen (secondary N) is 1. The number of tetrazole rings is 1. The molecule has 0 bridgehead atoms. The molecule has 5 rings (SSSR count). The van der Waals surface area contributed by atoms with Crippen molar-refractivity contribution in [1.29, 1.82) is 0 Å². The second-order valence-corrected chi connectivity index (χ2v) is 9.26. The van der Waals surface area contributed by atoms with Crippen LogP contribution in [0.25, 0.3) is 16.1 Å². The molecule has 2 amide bonds. The number of thiophene rings is 1. The van der Waals surface area contributed by atoms with Crippen molar-refractivity contribution in [3.05, 3.63) is 77.6 Å². The van der Waals surface area contributed by atoms with Gasteiger partial charge in [-0.3, -0.25) is 9.59 Å². The van der Waals surface area contributed by atoms with Crippen LogP contribution in [0.15, 0.2) is 60.9 Å². The van der Waals surface area contributed by atoms with Gasteiger partial charge in [0.25, 0.3) is 11.8 Å². The summed E-state index contributed by atoms with van der Waals surface area (Å²) >= 11 is 1.44. The van der Waals surface area contributed by atoms with Gasteiger partial charge in [0.05, 0.1) is 11.3 Å². The van der Waals surface area contributed by atoms with E-state index in [-0.39, 0.29) is 11.8 Å². The molecular weight excluding hydrogens is 448 g/mol. The van der Waals surface area contributed by atoms with Gasteiger partial charge in [0, 0.05) is 23.5 Å². The van der Waals surface area contributed by atoms with Crippen LogP contribution in [-0.4, -0.2) is 50.0 Å². The fourth-order valence-electron chi connectivity index (χ4n) is 4.22. The minimum absolute atomic E-state index is 0.0200. The van der Waals surface area contributed by atoms with Gasteiger partial charge in [-0.05, 0) is 65.9 Å². The quantitative estimate of drug-likeness (QED) is 0.459. The molecule has 1 saturated heterocycles. The highest BCUT2D eigenvalue weighted by Gasteiger charge is 2.28. The molecular formula is C25H24N6O2S. The highest BCUT2D eigenvalue weighted by atomic mass is 32.1. The van der Waals surface area contributed by atoms with Gasteiger partial charge in [-0.2, -0.15) is 0 Å². The SMILES string of the molecule is Cc1c(-c2ccccc2)sc(NC(=O)c2cccc(-n3cnnn3)c2)c1C(=O)N1CCCCC1. The first-order chi connectivity index (χ1) is 16.6. The number of carbonyl (C=O) groups is 2. The lowest BCUT2D eigenvalue weighted by atomic mass is 10.0. The molecule has 0 radical (unpaired) electrons. The third kappa shape index (κ3) is 4.34.